The predicted octanol–water partition coefficient (Wildman–Crippen LogP) is 2.69. The Morgan fingerprint density at radius 1 is 1.14 bits per heavy atom. The van der Waals surface area contributed by atoms with Crippen molar-refractivity contribution >= 4 is 22.7 Å². The molecule has 1 heterocycles. The number of hydrogen-bond donors (Lipinski definition) is 1. The van der Waals surface area contributed by atoms with Crippen LogP contribution in [0.5, 0.6) is 0 Å². The minimum Gasteiger partial charge on any atom is -0.408 e. The number of carbonyl (C=O) groups excluding carboxylic acids is 1. The highest BCUT2D eigenvalue weighted by Gasteiger charge is 2.09. The van der Waals surface area contributed by atoms with Crippen LogP contribution in [0.1, 0.15) is 15.9 Å². The molecule has 5 nitrogen and oxygen atoms in total. The number of nitrogens with one attached hydrogen (secondary N) is 1. The zero-order chi connectivity index (χ0) is 15.0. The summed E-state index contributed by atoms with van der Waals surface area (Å²) in [5.41, 5.74) is 3.40. The molecule has 0 saturated heterocycles. The maximum atomic E-state index is 12.1. The second-order valence-corrected chi connectivity index (χ2v) is 4.93. The third kappa shape index (κ3) is 2.45. The number of aromatic nitrogens is 1. The minimum atomic E-state index is -0.424. The summed E-state index contributed by atoms with van der Waals surface area (Å²) in [5, 5.41) is 2.79. The van der Waals surface area contributed by atoms with Crippen molar-refractivity contribution < 1.29 is 9.21 Å². The molecule has 1 N–H and O–H groups in total. The number of carbonyl (C=O) groups is 1. The first-order valence-corrected chi connectivity index (χ1v) is 6.52. The Balaban J connectivity index is 1.89. The van der Waals surface area contributed by atoms with Crippen molar-refractivity contribution in [2.75, 3.05) is 5.32 Å². The summed E-state index contributed by atoms with van der Waals surface area (Å²) < 4.78 is 6.52. The summed E-state index contributed by atoms with van der Waals surface area (Å²) in [6.07, 6.45) is 0. The van der Waals surface area contributed by atoms with Gasteiger partial charge in [0.2, 0.25) is 0 Å². The SMILES string of the molecule is Cc1ccc(C(=O)Nc2ccc3c(c2)oc(=O)n3C)cc1. The molecule has 0 aliphatic rings. The summed E-state index contributed by atoms with van der Waals surface area (Å²) >= 11 is 0. The van der Waals surface area contributed by atoms with E-state index in [1.165, 1.54) is 4.57 Å². The third-order valence-corrected chi connectivity index (χ3v) is 3.36. The number of rotatable bonds is 2. The number of benzene rings is 2. The van der Waals surface area contributed by atoms with Gasteiger partial charge in [0.1, 0.15) is 0 Å². The lowest BCUT2D eigenvalue weighted by Crippen LogP contribution is -2.11. The normalized spacial score (nSPS) is 10.8. The molecule has 0 saturated carbocycles. The van der Waals surface area contributed by atoms with Crippen LogP contribution in [-0.2, 0) is 7.05 Å². The van der Waals surface area contributed by atoms with Gasteiger partial charge in [-0.3, -0.25) is 9.36 Å². The van der Waals surface area contributed by atoms with Crippen LogP contribution < -0.4 is 11.1 Å². The molecule has 0 atom stereocenters. The van der Waals surface area contributed by atoms with Crippen LogP contribution in [0.2, 0.25) is 0 Å². The van der Waals surface area contributed by atoms with Gasteiger partial charge in [-0.15, -0.1) is 0 Å². The molecular weight excluding hydrogens is 268 g/mol. The fraction of sp³-hybridized carbons (Fsp3) is 0.125. The van der Waals surface area contributed by atoms with Crippen LogP contribution in [0.15, 0.2) is 51.7 Å². The zero-order valence-corrected chi connectivity index (χ0v) is 11.7. The molecule has 0 unspecified atom stereocenters. The second-order valence-electron chi connectivity index (χ2n) is 4.93. The Labute approximate surface area is 120 Å². The van der Waals surface area contributed by atoms with Crippen molar-refractivity contribution in [2.45, 2.75) is 6.92 Å². The van der Waals surface area contributed by atoms with E-state index in [1.807, 2.05) is 19.1 Å². The van der Waals surface area contributed by atoms with Gasteiger partial charge in [0.05, 0.1) is 5.52 Å². The summed E-state index contributed by atoms with van der Waals surface area (Å²) in [6, 6.07) is 12.4. The number of anilines is 1. The van der Waals surface area contributed by atoms with E-state index < -0.39 is 5.76 Å². The molecule has 0 aliphatic heterocycles. The minimum absolute atomic E-state index is 0.201. The molecule has 3 aromatic rings. The fourth-order valence-corrected chi connectivity index (χ4v) is 2.12. The number of aryl methyl sites for hydroxylation is 2. The van der Waals surface area contributed by atoms with Crippen LogP contribution in [0, 0.1) is 6.92 Å². The highest BCUT2D eigenvalue weighted by molar-refractivity contribution is 6.04. The number of hydrogen-bond acceptors (Lipinski definition) is 3. The number of nitrogens with zero attached hydrogens (tertiary/aromatic N) is 1. The summed E-state index contributed by atoms with van der Waals surface area (Å²) in [4.78, 5) is 23.6. The summed E-state index contributed by atoms with van der Waals surface area (Å²) in [7, 11) is 1.64. The fourth-order valence-electron chi connectivity index (χ4n) is 2.12. The molecule has 0 radical (unpaired) electrons. The van der Waals surface area contributed by atoms with Crippen LogP contribution in [-0.4, -0.2) is 10.5 Å². The average molecular weight is 282 g/mol. The van der Waals surface area contributed by atoms with Gasteiger partial charge in [0.15, 0.2) is 5.58 Å². The van der Waals surface area contributed by atoms with E-state index in [4.69, 9.17) is 4.42 Å². The quantitative estimate of drug-likeness (QED) is 0.786. The topological polar surface area (TPSA) is 64.2 Å². The molecule has 2 aromatic carbocycles. The van der Waals surface area contributed by atoms with E-state index in [-0.39, 0.29) is 5.91 Å². The van der Waals surface area contributed by atoms with E-state index in [0.717, 1.165) is 5.56 Å². The number of amides is 1. The van der Waals surface area contributed by atoms with Gasteiger partial charge in [-0.05, 0) is 31.2 Å². The lowest BCUT2D eigenvalue weighted by molar-refractivity contribution is 0.102. The second kappa shape index (κ2) is 4.94. The van der Waals surface area contributed by atoms with Gasteiger partial charge in [-0.1, -0.05) is 17.7 Å². The van der Waals surface area contributed by atoms with E-state index >= 15 is 0 Å². The van der Waals surface area contributed by atoms with Gasteiger partial charge in [-0.2, -0.15) is 0 Å². The molecule has 3 rings (SSSR count). The molecule has 1 amide bonds. The number of oxazole rings is 1. The maximum Gasteiger partial charge on any atom is 0.419 e. The molecule has 0 spiro atoms. The van der Waals surface area contributed by atoms with Gasteiger partial charge >= 0.3 is 5.76 Å². The lowest BCUT2D eigenvalue weighted by Gasteiger charge is -2.05. The van der Waals surface area contributed by atoms with Crippen molar-refractivity contribution in [1.29, 1.82) is 0 Å². The summed E-state index contributed by atoms with van der Waals surface area (Å²) in [5.74, 6) is -0.625. The van der Waals surface area contributed by atoms with Crippen molar-refractivity contribution in [3.63, 3.8) is 0 Å². The van der Waals surface area contributed by atoms with Crippen molar-refractivity contribution in [2.24, 2.45) is 7.05 Å². The Hall–Kier alpha value is -2.82. The highest BCUT2D eigenvalue weighted by atomic mass is 16.4. The molecule has 106 valence electrons. The Bertz CT molecular complexity index is 873. The largest absolute Gasteiger partial charge is 0.419 e. The first-order chi connectivity index (χ1) is 10.0. The van der Waals surface area contributed by atoms with Gasteiger partial charge in [0.25, 0.3) is 5.91 Å². The monoisotopic (exact) mass is 282 g/mol. The first-order valence-electron chi connectivity index (χ1n) is 6.52. The van der Waals surface area contributed by atoms with E-state index in [1.54, 1.807) is 37.4 Å². The van der Waals surface area contributed by atoms with E-state index in [2.05, 4.69) is 5.32 Å². The van der Waals surface area contributed by atoms with Gasteiger partial charge < -0.3 is 9.73 Å². The van der Waals surface area contributed by atoms with Crippen molar-refractivity contribution in [1.82, 2.24) is 4.57 Å². The van der Waals surface area contributed by atoms with Gasteiger partial charge in [-0.25, -0.2) is 4.79 Å². The van der Waals surface area contributed by atoms with Crippen molar-refractivity contribution in [3.05, 3.63) is 64.1 Å². The Morgan fingerprint density at radius 3 is 2.57 bits per heavy atom. The molecule has 0 fully saturated rings. The molecule has 1 aromatic heterocycles. The molecule has 21 heavy (non-hydrogen) atoms. The molecule has 0 bridgehead atoms. The summed E-state index contributed by atoms with van der Waals surface area (Å²) in [6.45, 7) is 1.97. The maximum absolute atomic E-state index is 12.1. The molecule has 5 heteroatoms. The molecular formula is C16H14N2O3. The van der Waals surface area contributed by atoms with Crippen LogP contribution in [0.4, 0.5) is 5.69 Å². The van der Waals surface area contributed by atoms with Crippen LogP contribution >= 0.6 is 0 Å². The standard InChI is InChI=1S/C16H14N2O3/c1-10-3-5-11(6-4-10)15(19)17-12-7-8-13-14(9-12)21-16(20)18(13)2/h3-9H,1-2H3,(H,17,19). The first kappa shape index (κ1) is 13.2. The Morgan fingerprint density at radius 2 is 1.86 bits per heavy atom. The lowest BCUT2D eigenvalue weighted by atomic mass is 10.1. The van der Waals surface area contributed by atoms with Crippen molar-refractivity contribution in [3.8, 4) is 0 Å². The highest BCUT2D eigenvalue weighted by Crippen LogP contribution is 2.18. The average Bonchev–Trinajstić information content (AvgIpc) is 2.74. The predicted molar refractivity (Wildman–Crippen MR) is 80.6 cm³/mol. The van der Waals surface area contributed by atoms with E-state index in [9.17, 15) is 9.59 Å². The number of fused-ring (bicyclic) bond motifs is 1. The van der Waals surface area contributed by atoms with Gasteiger partial charge in [0, 0.05) is 24.4 Å². The van der Waals surface area contributed by atoms with Crippen LogP contribution in [0.25, 0.3) is 11.1 Å². The Kier molecular flexibility index (Phi) is 3.10. The third-order valence-electron chi connectivity index (χ3n) is 3.36. The van der Waals surface area contributed by atoms with E-state index in [0.29, 0.717) is 22.4 Å². The smallest absolute Gasteiger partial charge is 0.408 e. The van der Waals surface area contributed by atoms with Crippen LogP contribution in [0.3, 0.4) is 0 Å². The molecule has 0 aliphatic carbocycles. The zero-order valence-electron chi connectivity index (χ0n) is 11.7.